The summed E-state index contributed by atoms with van der Waals surface area (Å²) in [6.45, 7) is 5.75. The van der Waals surface area contributed by atoms with E-state index in [1.807, 2.05) is 0 Å². The number of rotatable bonds is 3. The molecular weight excluding hydrogens is 194 g/mol. The van der Waals surface area contributed by atoms with E-state index in [9.17, 15) is 0 Å². The van der Waals surface area contributed by atoms with Crippen LogP contribution in [0.5, 0.6) is 0 Å². The fourth-order valence-electron chi connectivity index (χ4n) is 2.76. The molecule has 1 aliphatic carbocycles. The molecule has 1 aliphatic rings. The van der Waals surface area contributed by atoms with Gasteiger partial charge < -0.3 is 5.32 Å². The van der Waals surface area contributed by atoms with Crippen molar-refractivity contribution in [2.24, 2.45) is 5.92 Å². The van der Waals surface area contributed by atoms with Crippen LogP contribution in [0.25, 0.3) is 0 Å². The van der Waals surface area contributed by atoms with Gasteiger partial charge in [0, 0.05) is 6.04 Å². The van der Waals surface area contributed by atoms with Gasteiger partial charge in [0.15, 0.2) is 0 Å². The first-order chi connectivity index (χ1) is 7.83. The van der Waals surface area contributed by atoms with Gasteiger partial charge in [-0.2, -0.15) is 0 Å². The molecule has 0 spiro atoms. The highest BCUT2D eigenvalue weighted by atomic mass is 14.9. The summed E-state index contributed by atoms with van der Waals surface area (Å²) in [5.41, 5.74) is 3.10. The van der Waals surface area contributed by atoms with Crippen LogP contribution in [0.15, 0.2) is 24.3 Å². The van der Waals surface area contributed by atoms with Crippen LogP contribution in [0.2, 0.25) is 0 Å². The van der Waals surface area contributed by atoms with E-state index in [2.05, 4.69) is 43.4 Å². The highest BCUT2D eigenvalue weighted by Gasteiger charge is 2.23. The molecule has 1 N–H and O–H groups in total. The molecule has 0 radical (unpaired) electrons. The molecule has 0 aromatic heterocycles. The van der Waals surface area contributed by atoms with Gasteiger partial charge in [-0.25, -0.2) is 0 Å². The Kier molecular flexibility index (Phi) is 4.00. The van der Waals surface area contributed by atoms with Crippen molar-refractivity contribution in [1.82, 2.24) is 5.32 Å². The predicted molar refractivity (Wildman–Crippen MR) is 69.6 cm³/mol. The highest BCUT2D eigenvalue weighted by molar-refractivity contribution is 5.31. The van der Waals surface area contributed by atoms with Crippen molar-refractivity contribution < 1.29 is 0 Å². The molecule has 0 amide bonds. The monoisotopic (exact) mass is 217 g/mol. The largest absolute Gasteiger partial charge is 0.310 e. The average molecular weight is 217 g/mol. The molecular formula is C15H23N. The molecule has 1 aromatic rings. The van der Waals surface area contributed by atoms with Crippen molar-refractivity contribution in [3.8, 4) is 0 Å². The zero-order valence-corrected chi connectivity index (χ0v) is 10.5. The van der Waals surface area contributed by atoms with Crippen molar-refractivity contribution in [2.45, 2.75) is 45.6 Å². The second-order valence-corrected chi connectivity index (χ2v) is 5.00. The lowest BCUT2D eigenvalue weighted by molar-refractivity contribution is 0.370. The maximum absolute atomic E-state index is 3.72. The Labute approximate surface area is 99.3 Å². The van der Waals surface area contributed by atoms with E-state index >= 15 is 0 Å². The molecule has 88 valence electrons. The van der Waals surface area contributed by atoms with E-state index in [1.54, 1.807) is 11.1 Å². The van der Waals surface area contributed by atoms with Crippen molar-refractivity contribution in [1.29, 1.82) is 0 Å². The number of nitrogens with one attached hydrogen (secondary N) is 1. The Morgan fingerprint density at radius 2 is 2.12 bits per heavy atom. The summed E-state index contributed by atoms with van der Waals surface area (Å²) in [6, 6.07) is 9.53. The third-order valence-electron chi connectivity index (χ3n) is 3.68. The van der Waals surface area contributed by atoms with Gasteiger partial charge in [0.25, 0.3) is 0 Å². The maximum Gasteiger partial charge on any atom is 0.0348 e. The first-order valence-electron chi connectivity index (χ1n) is 6.64. The predicted octanol–water partition coefficient (Wildman–Crippen LogP) is 3.70. The second-order valence-electron chi connectivity index (χ2n) is 5.00. The first-order valence-corrected chi connectivity index (χ1v) is 6.64. The summed E-state index contributed by atoms with van der Waals surface area (Å²) in [5, 5.41) is 3.72. The molecule has 1 aromatic carbocycles. The van der Waals surface area contributed by atoms with Gasteiger partial charge in [0.2, 0.25) is 0 Å². The Balaban J connectivity index is 2.25. The average Bonchev–Trinajstić information content (AvgIpc) is 2.46. The Bertz CT molecular complexity index is 332. The number of hydrogen-bond acceptors (Lipinski definition) is 1. The Morgan fingerprint density at radius 3 is 2.94 bits per heavy atom. The van der Waals surface area contributed by atoms with Gasteiger partial charge in [-0.1, -0.05) is 38.1 Å². The third-order valence-corrected chi connectivity index (χ3v) is 3.68. The van der Waals surface area contributed by atoms with Crippen LogP contribution < -0.4 is 5.32 Å². The van der Waals surface area contributed by atoms with E-state index in [4.69, 9.17) is 0 Å². The third kappa shape index (κ3) is 2.46. The molecule has 1 heteroatoms. The van der Waals surface area contributed by atoms with Crippen molar-refractivity contribution in [3.05, 3.63) is 35.4 Å². The standard InChI is InChI=1S/C15H23N/c1-3-11-16-15-12(2)7-6-9-13-8-4-5-10-14(13)15/h4-5,8,10,12,15-16H,3,6-7,9,11H2,1-2H3. The molecule has 0 bridgehead atoms. The molecule has 2 unspecified atom stereocenters. The van der Waals surface area contributed by atoms with Gasteiger partial charge in [-0.3, -0.25) is 0 Å². The van der Waals surface area contributed by atoms with Crippen LogP contribution >= 0.6 is 0 Å². The van der Waals surface area contributed by atoms with Crippen molar-refractivity contribution in [2.75, 3.05) is 6.54 Å². The Morgan fingerprint density at radius 1 is 1.31 bits per heavy atom. The zero-order valence-electron chi connectivity index (χ0n) is 10.5. The van der Waals surface area contributed by atoms with Crippen LogP contribution in [0, 0.1) is 5.92 Å². The van der Waals surface area contributed by atoms with E-state index < -0.39 is 0 Å². The molecule has 0 saturated heterocycles. The minimum atomic E-state index is 0.568. The molecule has 2 rings (SSSR count). The molecule has 0 aliphatic heterocycles. The second kappa shape index (κ2) is 5.49. The first kappa shape index (κ1) is 11.7. The van der Waals surface area contributed by atoms with Crippen LogP contribution in [-0.4, -0.2) is 6.54 Å². The quantitative estimate of drug-likeness (QED) is 0.761. The fourth-order valence-corrected chi connectivity index (χ4v) is 2.76. The maximum atomic E-state index is 3.72. The zero-order chi connectivity index (χ0) is 11.4. The van der Waals surface area contributed by atoms with Gasteiger partial charge in [-0.15, -0.1) is 0 Å². The molecule has 2 atom stereocenters. The summed E-state index contributed by atoms with van der Waals surface area (Å²) in [4.78, 5) is 0. The summed E-state index contributed by atoms with van der Waals surface area (Å²) in [6.07, 6.45) is 5.15. The van der Waals surface area contributed by atoms with Gasteiger partial charge >= 0.3 is 0 Å². The lowest BCUT2D eigenvalue weighted by Gasteiger charge is -2.24. The fraction of sp³-hybridized carbons (Fsp3) is 0.600. The van der Waals surface area contributed by atoms with E-state index in [0.29, 0.717) is 6.04 Å². The number of aryl methyl sites for hydroxylation is 1. The van der Waals surface area contributed by atoms with Crippen LogP contribution in [-0.2, 0) is 6.42 Å². The summed E-state index contributed by atoms with van der Waals surface area (Å²) in [5.74, 6) is 0.759. The molecule has 1 nitrogen and oxygen atoms in total. The van der Waals surface area contributed by atoms with E-state index in [1.165, 1.54) is 25.7 Å². The molecule has 0 saturated carbocycles. The normalized spacial score (nSPS) is 24.9. The van der Waals surface area contributed by atoms with Crippen LogP contribution in [0.4, 0.5) is 0 Å². The SMILES string of the molecule is CCCNC1c2ccccc2CCCC1C. The topological polar surface area (TPSA) is 12.0 Å². The molecule has 16 heavy (non-hydrogen) atoms. The highest BCUT2D eigenvalue weighted by Crippen LogP contribution is 2.32. The minimum absolute atomic E-state index is 0.568. The van der Waals surface area contributed by atoms with Gasteiger partial charge in [-0.05, 0) is 49.3 Å². The number of hydrogen-bond donors (Lipinski definition) is 1. The van der Waals surface area contributed by atoms with E-state index in [-0.39, 0.29) is 0 Å². The van der Waals surface area contributed by atoms with Gasteiger partial charge in [0.05, 0.1) is 0 Å². The summed E-state index contributed by atoms with van der Waals surface area (Å²) >= 11 is 0. The summed E-state index contributed by atoms with van der Waals surface area (Å²) in [7, 11) is 0. The number of fused-ring (bicyclic) bond motifs is 1. The molecule has 0 heterocycles. The van der Waals surface area contributed by atoms with Gasteiger partial charge in [0.1, 0.15) is 0 Å². The summed E-state index contributed by atoms with van der Waals surface area (Å²) < 4.78 is 0. The Hall–Kier alpha value is -0.820. The minimum Gasteiger partial charge on any atom is -0.310 e. The van der Waals surface area contributed by atoms with Crippen LogP contribution in [0.3, 0.4) is 0 Å². The van der Waals surface area contributed by atoms with Crippen molar-refractivity contribution in [3.63, 3.8) is 0 Å². The van der Waals surface area contributed by atoms with Crippen molar-refractivity contribution >= 4 is 0 Å². The smallest absolute Gasteiger partial charge is 0.0348 e. The number of benzene rings is 1. The van der Waals surface area contributed by atoms with Crippen LogP contribution in [0.1, 0.15) is 50.3 Å². The molecule has 0 fully saturated rings. The van der Waals surface area contributed by atoms with E-state index in [0.717, 1.165) is 12.5 Å². The lowest BCUT2D eigenvalue weighted by Crippen LogP contribution is -2.27. The lowest BCUT2D eigenvalue weighted by atomic mass is 9.92.